The van der Waals surface area contributed by atoms with E-state index in [1.807, 2.05) is 37.2 Å². The minimum atomic E-state index is -0.210. The van der Waals surface area contributed by atoms with Crippen LogP contribution in [0.5, 0.6) is 0 Å². The molecule has 0 saturated carbocycles. The third kappa shape index (κ3) is 2.76. The summed E-state index contributed by atoms with van der Waals surface area (Å²) in [5, 5.41) is 10.0. The molecular weight excluding hydrogens is 314 g/mol. The first-order valence-electron chi connectivity index (χ1n) is 5.23. The van der Waals surface area contributed by atoms with Crippen molar-refractivity contribution in [3.8, 4) is 0 Å². The SMILES string of the molecule is CN(C)c1ccc(C=C2SC(=N)NC2=O)cc1Br. The van der Waals surface area contributed by atoms with Crippen LogP contribution in [0.3, 0.4) is 0 Å². The number of amides is 1. The maximum absolute atomic E-state index is 11.5. The highest BCUT2D eigenvalue weighted by Gasteiger charge is 2.22. The van der Waals surface area contributed by atoms with Crippen LogP contribution in [-0.4, -0.2) is 25.2 Å². The van der Waals surface area contributed by atoms with Gasteiger partial charge in [-0.2, -0.15) is 0 Å². The van der Waals surface area contributed by atoms with E-state index in [1.54, 1.807) is 6.08 Å². The number of amidine groups is 1. The molecule has 1 saturated heterocycles. The van der Waals surface area contributed by atoms with Crippen LogP contribution in [-0.2, 0) is 4.79 Å². The van der Waals surface area contributed by atoms with E-state index in [0.717, 1.165) is 27.5 Å². The highest BCUT2D eigenvalue weighted by Crippen LogP contribution is 2.29. The maximum Gasteiger partial charge on any atom is 0.264 e. The van der Waals surface area contributed by atoms with Crippen molar-refractivity contribution in [3.63, 3.8) is 0 Å². The third-order valence-corrected chi connectivity index (χ3v) is 3.88. The summed E-state index contributed by atoms with van der Waals surface area (Å²) in [7, 11) is 3.94. The molecule has 18 heavy (non-hydrogen) atoms. The molecule has 0 unspecified atom stereocenters. The number of carbonyl (C=O) groups is 1. The number of halogens is 1. The Morgan fingerprint density at radius 2 is 2.17 bits per heavy atom. The summed E-state index contributed by atoms with van der Waals surface area (Å²) >= 11 is 4.65. The molecule has 1 amide bonds. The van der Waals surface area contributed by atoms with Crippen LogP contribution in [0.25, 0.3) is 6.08 Å². The van der Waals surface area contributed by atoms with Gasteiger partial charge in [0, 0.05) is 18.6 Å². The number of hydrogen-bond acceptors (Lipinski definition) is 4. The molecule has 2 rings (SSSR count). The monoisotopic (exact) mass is 325 g/mol. The van der Waals surface area contributed by atoms with Gasteiger partial charge in [0.1, 0.15) is 0 Å². The second-order valence-corrected chi connectivity index (χ2v) is 5.91. The van der Waals surface area contributed by atoms with E-state index in [2.05, 4.69) is 21.2 Å². The van der Waals surface area contributed by atoms with E-state index in [9.17, 15) is 4.79 Å². The highest BCUT2D eigenvalue weighted by molar-refractivity contribution is 9.10. The first-order valence-corrected chi connectivity index (χ1v) is 6.84. The number of carbonyl (C=O) groups excluding carboxylic acids is 1. The van der Waals surface area contributed by atoms with Crippen LogP contribution >= 0.6 is 27.7 Å². The summed E-state index contributed by atoms with van der Waals surface area (Å²) in [6.45, 7) is 0. The molecule has 2 N–H and O–H groups in total. The van der Waals surface area contributed by atoms with Gasteiger partial charge in [-0.1, -0.05) is 6.07 Å². The standard InChI is InChI=1S/C12H12BrN3OS/c1-16(2)9-4-3-7(5-8(9)13)6-10-11(17)15-12(14)18-10/h3-6H,1-2H3,(H2,14,15,17). The lowest BCUT2D eigenvalue weighted by Gasteiger charge is -2.14. The van der Waals surface area contributed by atoms with Crippen molar-refractivity contribution in [2.45, 2.75) is 0 Å². The lowest BCUT2D eigenvalue weighted by molar-refractivity contribution is -0.115. The number of nitrogens with zero attached hydrogens (tertiary/aromatic N) is 1. The van der Waals surface area contributed by atoms with E-state index in [1.165, 1.54) is 0 Å². The first-order chi connectivity index (χ1) is 8.47. The largest absolute Gasteiger partial charge is 0.377 e. The molecule has 0 atom stereocenters. The Labute approximate surface area is 118 Å². The van der Waals surface area contributed by atoms with Crippen LogP contribution in [0.4, 0.5) is 5.69 Å². The molecule has 1 aromatic rings. The second-order valence-electron chi connectivity index (χ2n) is 4.00. The van der Waals surface area contributed by atoms with Crippen molar-refractivity contribution in [1.29, 1.82) is 5.41 Å². The summed E-state index contributed by atoms with van der Waals surface area (Å²) in [5.41, 5.74) is 2.01. The summed E-state index contributed by atoms with van der Waals surface area (Å²) in [4.78, 5) is 14.0. The van der Waals surface area contributed by atoms with Gasteiger partial charge in [-0.3, -0.25) is 10.2 Å². The Hall–Kier alpha value is -1.27. The average molecular weight is 326 g/mol. The number of anilines is 1. The van der Waals surface area contributed by atoms with Crippen molar-refractivity contribution < 1.29 is 4.79 Å². The molecule has 1 aromatic carbocycles. The Morgan fingerprint density at radius 1 is 1.44 bits per heavy atom. The lowest BCUT2D eigenvalue weighted by atomic mass is 10.2. The van der Waals surface area contributed by atoms with Crippen molar-refractivity contribution in [1.82, 2.24) is 5.32 Å². The van der Waals surface area contributed by atoms with E-state index in [4.69, 9.17) is 5.41 Å². The molecule has 0 spiro atoms. The minimum absolute atomic E-state index is 0.176. The minimum Gasteiger partial charge on any atom is -0.377 e. The zero-order chi connectivity index (χ0) is 13.3. The van der Waals surface area contributed by atoms with Gasteiger partial charge in [-0.05, 0) is 51.5 Å². The Balaban J connectivity index is 2.31. The summed E-state index contributed by atoms with van der Waals surface area (Å²) in [5.74, 6) is -0.210. The summed E-state index contributed by atoms with van der Waals surface area (Å²) in [6.07, 6.45) is 1.78. The third-order valence-electron chi connectivity index (χ3n) is 2.41. The van der Waals surface area contributed by atoms with Gasteiger partial charge in [-0.15, -0.1) is 0 Å². The molecule has 0 aromatic heterocycles. The van der Waals surface area contributed by atoms with E-state index in [-0.39, 0.29) is 11.1 Å². The van der Waals surface area contributed by atoms with Gasteiger partial charge in [0.15, 0.2) is 5.17 Å². The molecule has 0 aliphatic carbocycles. The van der Waals surface area contributed by atoms with Crippen molar-refractivity contribution in [2.24, 2.45) is 0 Å². The van der Waals surface area contributed by atoms with Crippen molar-refractivity contribution in [3.05, 3.63) is 33.1 Å². The number of thioether (sulfide) groups is 1. The fraction of sp³-hybridized carbons (Fsp3) is 0.167. The molecule has 1 fully saturated rings. The molecule has 4 nitrogen and oxygen atoms in total. The zero-order valence-electron chi connectivity index (χ0n) is 9.95. The number of benzene rings is 1. The smallest absolute Gasteiger partial charge is 0.264 e. The van der Waals surface area contributed by atoms with Gasteiger partial charge >= 0.3 is 0 Å². The normalized spacial score (nSPS) is 17.2. The fourth-order valence-electron chi connectivity index (χ4n) is 1.57. The van der Waals surface area contributed by atoms with E-state index >= 15 is 0 Å². The first kappa shape index (κ1) is 13.2. The number of rotatable bonds is 2. The topological polar surface area (TPSA) is 56.2 Å². The Morgan fingerprint density at radius 3 is 2.67 bits per heavy atom. The Bertz CT molecular complexity index is 554. The number of nitrogens with one attached hydrogen (secondary N) is 2. The zero-order valence-corrected chi connectivity index (χ0v) is 12.4. The predicted molar refractivity (Wildman–Crippen MR) is 79.9 cm³/mol. The van der Waals surface area contributed by atoms with Crippen molar-refractivity contribution >= 4 is 50.5 Å². The molecule has 1 aliphatic heterocycles. The van der Waals surface area contributed by atoms with Gasteiger partial charge in [0.05, 0.1) is 10.6 Å². The van der Waals surface area contributed by atoms with Crippen LogP contribution in [0.1, 0.15) is 5.56 Å². The summed E-state index contributed by atoms with van der Waals surface area (Å²) in [6, 6.07) is 5.89. The van der Waals surface area contributed by atoms with Crippen LogP contribution in [0.15, 0.2) is 27.6 Å². The highest BCUT2D eigenvalue weighted by atomic mass is 79.9. The van der Waals surface area contributed by atoms with Gasteiger partial charge in [0.2, 0.25) is 0 Å². The summed E-state index contributed by atoms with van der Waals surface area (Å²) < 4.78 is 0.973. The Kier molecular flexibility index (Phi) is 3.77. The molecule has 1 heterocycles. The van der Waals surface area contributed by atoms with E-state index in [0.29, 0.717) is 4.91 Å². The molecule has 94 valence electrons. The number of hydrogen-bond donors (Lipinski definition) is 2. The molecular formula is C12H12BrN3OS. The van der Waals surface area contributed by atoms with E-state index < -0.39 is 0 Å². The maximum atomic E-state index is 11.5. The van der Waals surface area contributed by atoms with Gasteiger partial charge in [0.25, 0.3) is 5.91 Å². The van der Waals surface area contributed by atoms with Crippen LogP contribution in [0, 0.1) is 5.41 Å². The molecule has 0 radical (unpaired) electrons. The quantitative estimate of drug-likeness (QED) is 0.822. The molecule has 6 heteroatoms. The average Bonchev–Trinajstić information content (AvgIpc) is 2.57. The fourth-order valence-corrected chi connectivity index (χ4v) is 3.02. The van der Waals surface area contributed by atoms with Gasteiger partial charge in [-0.25, -0.2) is 0 Å². The van der Waals surface area contributed by atoms with Crippen LogP contribution < -0.4 is 10.2 Å². The lowest BCUT2D eigenvalue weighted by Crippen LogP contribution is -2.18. The second kappa shape index (κ2) is 5.16. The molecule has 0 bridgehead atoms. The van der Waals surface area contributed by atoms with Crippen molar-refractivity contribution in [2.75, 3.05) is 19.0 Å². The molecule has 1 aliphatic rings. The predicted octanol–water partition coefficient (Wildman–Crippen LogP) is 2.65. The van der Waals surface area contributed by atoms with Gasteiger partial charge < -0.3 is 10.2 Å². The van der Waals surface area contributed by atoms with Crippen LogP contribution in [0.2, 0.25) is 0 Å².